The smallest absolute Gasteiger partial charge is 0.437 e. The van der Waals surface area contributed by atoms with Crippen LogP contribution < -0.4 is 24.8 Å². The highest BCUT2D eigenvalue weighted by atomic mass is 32.2. The number of allylic oxidation sites excluding steroid dienone is 1. The van der Waals surface area contributed by atoms with Crippen LogP contribution in [-0.4, -0.2) is 115 Å². The third kappa shape index (κ3) is 11.0. The number of unbranched alkanes of at least 4 members (excludes halogenated alkanes) is 3. The summed E-state index contributed by atoms with van der Waals surface area (Å²) < 4.78 is 90.6. The SMILES string of the molecule is CCCCCC=CC1C=CC1(NC(=O)C1CC2(CCc3c(c(C(F)(F)F)nc4ccc(OCC5CCN(CC)CC5)cc34)O2)CN1C(=O)CNC(=O)OCC(C)C)C(=O)NS(=O)(=O)C1(C)CC1. The number of rotatable bonds is 18. The monoisotopic (exact) mass is 958 g/mol. The average molecular weight is 959 g/mol. The Balaban J connectivity index is 1.19. The zero-order chi connectivity index (χ0) is 48.4. The highest BCUT2D eigenvalue weighted by Crippen LogP contribution is 2.49. The number of piperidine rings is 1. The van der Waals surface area contributed by atoms with Gasteiger partial charge in [-0.3, -0.25) is 19.1 Å². The van der Waals surface area contributed by atoms with Crippen molar-refractivity contribution in [1.29, 1.82) is 0 Å². The summed E-state index contributed by atoms with van der Waals surface area (Å²) in [7, 11) is -4.16. The molecule has 4 atom stereocenters. The summed E-state index contributed by atoms with van der Waals surface area (Å²) in [5.74, 6) is -3.07. The molecule has 4 unspecified atom stereocenters. The van der Waals surface area contributed by atoms with Crippen LogP contribution in [0, 0.1) is 17.8 Å². The molecule has 1 aromatic heterocycles. The van der Waals surface area contributed by atoms with Gasteiger partial charge in [0.15, 0.2) is 11.4 Å². The van der Waals surface area contributed by atoms with Crippen LogP contribution in [0.15, 0.2) is 42.5 Å². The van der Waals surface area contributed by atoms with Gasteiger partial charge in [-0.25, -0.2) is 18.2 Å². The fourth-order valence-electron chi connectivity index (χ4n) is 9.32. The van der Waals surface area contributed by atoms with E-state index in [1.54, 1.807) is 24.3 Å². The molecule has 1 saturated carbocycles. The number of alkyl halides is 3. The molecule has 5 aliphatic rings. The third-order valence-corrected chi connectivity index (χ3v) is 16.1. The van der Waals surface area contributed by atoms with Crippen LogP contribution in [0.3, 0.4) is 0 Å². The van der Waals surface area contributed by atoms with Gasteiger partial charge in [-0.2, -0.15) is 13.2 Å². The molecule has 15 nitrogen and oxygen atoms in total. The third-order valence-electron chi connectivity index (χ3n) is 14.0. The molecule has 2 saturated heterocycles. The van der Waals surface area contributed by atoms with Crippen LogP contribution in [0.5, 0.6) is 11.5 Å². The van der Waals surface area contributed by atoms with Gasteiger partial charge < -0.3 is 34.6 Å². The Labute approximate surface area is 391 Å². The summed E-state index contributed by atoms with van der Waals surface area (Å²) in [5.41, 5.74) is -4.32. The number of fused-ring (bicyclic) bond motifs is 3. The van der Waals surface area contributed by atoms with Crippen LogP contribution in [0.1, 0.15) is 110 Å². The maximum absolute atomic E-state index is 15.0. The van der Waals surface area contributed by atoms with E-state index >= 15 is 0 Å². The van der Waals surface area contributed by atoms with Crippen molar-refractivity contribution in [3.63, 3.8) is 0 Å². The van der Waals surface area contributed by atoms with Crippen LogP contribution in [-0.2, 0) is 41.7 Å². The van der Waals surface area contributed by atoms with Gasteiger partial charge in [0.05, 0.1) is 30.0 Å². The van der Waals surface area contributed by atoms with Crippen molar-refractivity contribution < 1.29 is 55.0 Å². The molecule has 19 heteroatoms. The molecular formula is C48H65F3N6O9S. The number of nitrogens with zero attached hydrogens (tertiary/aromatic N) is 3. The van der Waals surface area contributed by atoms with E-state index < -0.39 is 85.8 Å². The molecule has 1 spiro atoms. The fraction of sp³-hybridized carbons (Fsp3) is 0.646. The molecule has 2 aromatic rings. The first kappa shape index (κ1) is 50.0. The molecule has 0 bridgehead atoms. The van der Waals surface area contributed by atoms with Gasteiger partial charge in [-0.05, 0) is 108 Å². The molecule has 4 amide bonds. The predicted molar refractivity (Wildman–Crippen MR) is 245 cm³/mol. The number of aryl methyl sites for hydroxylation is 1. The number of sulfonamides is 1. The van der Waals surface area contributed by atoms with Crippen molar-refractivity contribution in [2.45, 2.75) is 133 Å². The fourth-order valence-corrected chi connectivity index (χ4v) is 10.6. The van der Waals surface area contributed by atoms with Crippen molar-refractivity contribution in [3.05, 3.63) is 53.8 Å². The number of nitrogens with one attached hydrogen (secondary N) is 3. The van der Waals surface area contributed by atoms with Crippen molar-refractivity contribution in [2.24, 2.45) is 17.8 Å². The Morgan fingerprint density at radius 2 is 1.82 bits per heavy atom. The maximum atomic E-state index is 15.0. The lowest BCUT2D eigenvalue weighted by Crippen LogP contribution is -2.67. The van der Waals surface area contributed by atoms with E-state index in [4.69, 9.17) is 14.2 Å². The summed E-state index contributed by atoms with van der Waals surface area (Å²) in [6.07, 6.45) is 6.84. The average Bonchev–Trinajstić information content (AvgIpc) is 3.95. The predicted octanol–water partition coefficient (Wildman–Crippen LogP) is 6.59. The van der Waals surface area contributed by atoms with Crippen molar-refractivity contribution >= 4 is 44.7 Å². The number of carbonyl (C=O) groups is 4. The molecule has 3 aliphatic heterocycles. The first-order valence-corrected chi connectivity index (χ1v) is 25.2. The zero-order valence-electron chi connectivity index (χ0n) is 39.1. The second-order valence-electron chi connectivity index (χ2n) is 19.6. The number of carbonyl (C=O) groups excluding carboxylic acids is 4. The van der Waals surface area contributed by atoms with Gasteiger partial charge in [0.25, 0.3) is 5.91 Å². The van der Waals surface area contributed by atoms with Crippen molar-refractivity contribution in [3.8, 4) is 11.5 Å². The summed E-state index contributed by atoms with van der Waals surface area (Å²) in [6.45, 7) is 11.9. The largest absolute Gasteiger partial charge is 0.493 e. The van der Waals surface area contributed by atoms with Crippen LogP contribution in [0.2, 0.25) is 0 Å². The maximum Gasteiger partial charge on any atom is 0.437 e. The van der Waals surface area contributed by atoms with Crippen molar-refractivity contribution in [1.82, 2.24) is 30.1 Å². The Bertz CT molecular complexity index is 2370. The Morgan fingerprint density at radius 3 is 2.46 bits per heavy atom. The van der Waals surface area contributed by atoms with Gasteiger partial charge in [0.1, 0.15) is 29.5 Å². The number of alkyl carbamates (subject to hydrolysis) is 1. The lowest BCUT2D eigenvalue weighted by atomic mass is 9.73. The summed E-state index contributed by atoms with van der Waals surface area (Å²) in [4.78, 5) is 63.2. The number of amides is 4. The molecular weight excluding hydrogens is 894 g/mol. The molecule has 3 fully saturated rings. The van der Waals surface area contributed by atoms with E-state index in [0.29, 0.717) is 42.9 Å². The molecule has 368 valence electrons. The van der Waals surface area contributed by atoms with Gasteiger partial charge in [-0.1, -0.05) is 64.8 Å². The summed E-state index contributed by atoms with van der Waals surface area (Å²) >= 11 is 0. The number of hydrogen-bond donors (Lipinski definition) is 3. The molecule has 4 heterocycles. The van der Waals surface area contributed by atoms with Crippen molar-refractivity contribution in [2.75, 3.05) is 45.9 Å². The van der Waals surface area contributed by atoms with Gasteiger partial charge in [0.2, 0.25) is 21.8 Å². The van der Waals surface area contributed by atoms with Crippen LogP contribution >= 0.6 is 0 Å². The number of ether oxygens (including phenoxy) is 3. The Kier molecular flexibility index (Phi) is 14.9. The van der Waals surface area contributed by atoms with Crippen LogP contribution in [0.4, 0.5) is 18.0 Å². The molecule has 7 rings (SSSR count). The Morgan fingerprint density at radius 1 is 1.07 bits per heavy atom. The first-order chi connectivity index (χ1) is 31.7. The lowest BCUT2D eigenvalue weighted by molar-refractivity contribution is -0.144. The quantitative estimate of drug-likeness (QED) is 0.108. The van der Waals surface area contributed by atoms with E-state index in [9.17, 15) is 40.8 Å². The second kappa shape index (κ2) is 20.0. The van der Waals surface area contributed by atoms with Gasteiger partial charge in [0, 0.05) is 23.3 Å². The molecule has 2 aliphatic carbocycles. The van der Waals surface area contributed by atoms with Gasteiger partial charge in [-0.15, -0.1) is 0 Å². The lowest BCUT2D eigenvalue weighted by Gasteiger charge is -2.42. The van der Waals surface area contributed by atoms with Gasteiger partial charge >= 0.3 is 12.3 Å². The van der Waals surface area contributed by atoms with E-state index in [-0.39, 0.29) is 49.4 Å². The minimum atomic E-state index is -4.95. The number of pyridine rings is 1. The Hall–Kier alpha value is -4.91. The topological polar surface area (TPSA) is 186 Å². The van der Waals surface area contributed by atoms with E-state index in [0.717, 1.165) is 56.6 Å². The second-order valence-corrected chi connectivity index (χ2v) is 21.8. The van der Waals surface area contributed by atoms with Crippen LogP contribution in [0.25, 0.3) is 10.9 Å². The van der Waals surface area contributed by atoms with E-state index in [1.165, 1.54) is 19.1 Å². The zero-order valence-corrected chi connectivity index (χ0v) is 40.0. The first-order valence-electron chi connectivity index (χ1n) is 23.7. The molecule has 3 N–H and O–H groups in total. The highest BCUT2D eigenvalue weighted by molar-refractivity contribution is 7.91. The minimum Gasteiger partial charge on any atom is -0.493 e. The number of likely N-dealkylation sites (tertiary alicyclic amines) is 2. The normalized spacial score (nSPS) is 24.9. The standard InChI is InChI=1S/C48H65F3N6O9S/c1-6-8-9-10-11-12-33-15-20-47(33,43(60)55-67(62,63)45(5)21-22-45)54-42(59)38-26-46(30-57(38)39(58)27-52-44(61)65-28-31(3)4)19-16-35-36-25-34(64-29-32-17-23-56(7-2)24-18-32)13-14-37(36)53-41(40(35)66-46)48(49,50)51/h11-15,20,25,31-33,38H,6-10,16-19,21-24,26-30H2,1-5H3,(H,52,61)(H,54,59)(H,55,60). The highest BCUT2D eigenvalue weighted by Gasteiger charge is 2.58. The molecule has 1 aromatic carbocycles. The molecule has 67 heavy (non-hydrogen) atoms. The minimum absolute atomic E-state index is 0.00247. The number of benzene rings is 1. The number of aromatic nitrogens is 1. The number of halogens is 3. The van der Waals surface area contributed by atoms with E-state index in [2.05, 4.69) is 39.1 Å². The number of hydrogen-bond acceptors (Lipinski definition) is 11. The summed E-state index contributed by atoms with van der Waals surface area (Å²) in [6, 6.07) is 3.37. The summed E-state index contributed by atoms with van der Waals surface area (Å²) in [5, 5.41) is 5.60. The molecule has 0 radical (unpaired) electrons. The van der Waals surface area contributed by atoms with E-state index in [1.807, 2.05) is 19.9 Å².